The summed E-state index contributed by atoms with van der Waals surface area (Å²) in [5.41, 5.74) is 9.27. The third-order valence-corrected chi connectivity index (χ3v) is 6.98. The topological polar surface area (TPSA) is 95.2 Å². The first-order chi connectivity index (χ1) is 17.4. The zero-order chi connectivity index (χ0) is 24.9. The Balaban J connectivity index is 1.40. The van der Waals surface area contributed by atoms with Crippen molar-refractivity contribution in [1.29, 1.82) is 0 Å². The SMILES string of the molecule is C=C(Nc1cncc(-c2cnc3n[nH]c(-c4cc5c(-c6ccsc6)nccc5[nH]4)c3c2)c1)C(C)(C)C. The van der Waals surface area contributed by atoms with Gasteiger partial charge in [-0.15, -0.1) is 0 Å². The lowest BCUT2D eigenvalue weighted by Crippen LogP contribution is -2.15. The molecule has 36 heavy (non-hydrogen) atoms. The van der Waals surface area contributed by atoms with Crippen LogP contribution in [0.2, 0.25) is 0 Å². The van der Waals surface area contributed by atoms with Crippen molar-refractivity contribution in [3.63, 3.8) is 0 Å². The average molecular weight is 492 g/mol. The largest absolute Gasteiger partial charge is 0.358 e. The monoisotopic (exact) mass is 491 g/mol. The van der Waals surface area contributed by atoms with Gasteiger partial charge in [-0.3, -0.25) is 15.1 Å². The van der Waals surface area contributed by atoms with E-state index in [-0.39, 0.29) is 5.41 Å². The summed E-state index contributed by atoms with van der Waals surface area (Å²) in [4.78, 5) is 17.2. The van der Waals surface area contributed by atoms with E-state index >= 15 is 0 Å². The molecule has 0 bridgehead atoms. The van der Waals surface area contributed by atoms with Gasteiger partial charge in [-0.25, -0.2) is 4.98 Å². The normalized spacial score (nSPS) is 11.9. The molecule has 0 saturated carbocycles. The molecular weight excluding hydrogens is 466 g/mol. The highest BCUT2D eigenvalue weighted by atomic mass is 32.1. The molecule has 178 valence electrons. The van der Waals surface area contributed by atoms with Crippen molar-refractivity contribution in [3.8, 4) is 33.8 Å². The number of hydrogen-bond acceptors (Lipinski definition) is 6. The first-order valence-electron chi connectivity index (χ1n) is 11.6. The smallest absolute Gasteiger partial charge is 0.181 e. The molecule has 8 heteroatoms. The number of allylic oxidation sites excluding steroid dienone is 1. The number of hydrogen-bond donors (Lipinski definition) is 3. The van der Waals surface area contributed by atoms with E-state index in [0.717, 1.165) is 61.4 Å². The maximum atomic E-state index is 4.63. The fraction of sp³-hybridized carbons (Fsp3) is 0.143. The van der Waals surface area contributed by atoms with Crippen molar-refractivity contribution in [2.24, 2.45) is 5.41 Å². The van der Waals surface area contributed by atoms with Crippen molar-refractivity contribution in [3.05, 3.63) is 78.2 Å². The Bertz CT molecular complexity index is 1720. The number of H-pyrrole nitrogens is 2. The molecule has 0 unspecified atom stereocenters. The fourth-order valence-electron chi connectivity index (χ4n) is 4.11. The molecular formula is C28H25N7S. The highest BCUT2D eigenvalue weighted by molar-refractivity contribution is 7.08. The minimum Gasteiger partial charge on any atom is -0.358 e. The van der Waals surface area contributed by atoms with Gasteiger partial charge in [0.2, 0.25) is 0 Å². The third-order valence-electron chi connectivity index (χ3n) is 6.29. The molecule has 6 heterocycles. The van der Waals surface area contributed by atoms with Crippen LogP contribution < -0.4 is 5.32 Å². The Morgan fingerprint density at radius 1 is 0.972 bits per heavy atom. The summed E-state index contributed by atoms with van der Waals surface area (Å²) in [5, 5.41) is 17.2. The van der Waals surface area contributed by atoms with Crippen molar-refractivity contribution < 1.29 is 0 Å². The Kier molecular flexibility index (Phi) is 5.19. The second-order valence-electron chi connectivity index (χ2n) is 9.83. The molecule has 3 N–H and O–H groups in total. The molecule has 0 fully saturated rings. The van der Waals surface area contributed by atoms with Crippen LogP contribution in [0.5, 0.6) is 0 Å². The second-order valence-corrected chi connectivity index (χ2v) is 10.6. The molecule has 6 rings (SSSR count). The fourth-order valence-corrected chi connectivity index (χ4v) is 4.75. The van der Waals surface area contributed by atoms with E-state index < -0.39 is 0 Å². The van der Waals surface area contributed by atoms with Gasteiger partial charge >= 0.3 is 0 Å². The van der Waals surface area contributed by atoms with Crippen LogP contribution in [-0.4, -0.2) is 30.1 Å². The number of rotatable bonds is 5. The van der Waals surface area contributed by atoms with Crippen LogP contribution in [-0.2, 0) is 0 Å². The summed E-state index contributed by atoms with van der Waals surface area (Å²) < 4.78 is 0. The van der Waals surface area contributed by atoms with E-state index in [2.05, 4.69) is 97.8 Å². The lowest BCUT2D eigenvalue weighted by molar-refractivity contribution is 0.509. The summed E-state index contributed by atoms with van der Waals surface area (Å²) in [6.45, 7) is 10.6. The number of nitrogens with one attached hydrogen (secondary N) is 3. The van der Waals surface area contributed by atoms with Gasteiger partial charge in [-0.1, -0.05) is 27.4 Å². The molecule has 0 spiro atoms. The number of aromatic nitrogens is 6. The van der Waals surface area contributed by atoms with E-state index in [4.69, 9.17) is 0 Å². The van der Waals surface area contributed by atoms with Gasteiger partial charge in [0.1, 0.15) is 0 Å². The molecule has 0 saturated heterocycles. The minimum atomic E-state index is -0.0550. The highest BCUT2D eigenvalue weighted by Gasteiger charge is 2.17. The molecule has 0 aromatic carbocycles. The van der Waals surface area contributed by atoms with Gasteiger partial charge in [0, 0.05) is 68.1 Å². The van der Waals surface area contributed by atoms with Gasteiger partial charge in [0.05, 0.1) is 29.0 Å². The molecule has 0 aliphatic rings. The Hall–Kier alpha value is -4.30. The van der Waals surface area contributed by atoms with E-state index in [1.165, 1.54) is 0 Å². The summed E-state index contributed by atoms with van der Waals surface area (Å²) in [6, 6.07) is 10.4. The predicted octanol–water partition coefficient (Wildman–Crippen LogP) is 7.26. The van der Waals surface area contributed by atoms with Gasteiger partial charge in [0.15, 0.2) is 5.65 Å². The second kappa shape index (κ2) is 8.42. The first-order valence-corrected chi connectivity index (χ1v) is 12.6. The molecule has 0 aliphatic carbocycles. The molecule has 0 aliphatic heterocycles. The van der Waals surface area contributed by atoms with Crippen LogP contribution in [0.15, 0.2) is 78.2 Å². The molecule has 0 atom stereocenters. The predicted molar refractivity (Wildman–Crippen MR) is 148 cm³/mol. The zero-order valence-corrected chi connectivity index (χ0v) is 21.1. The Morgan fingerprint density at radius 2 is 1.83 bits per heavy atom. The summed E-state index contributed by atoms with van der Waals surface area (Å²) in [5.74, 6) is 0. The number of thiophene rings is 1. The quantitative estimate of drug-likeness (QED) is 0.236. The summed E-state index contributed by atoms with van der Waals surface area (Å²) >= 11 is 1.66. The van der Waals surface area contributed by atoms with Crippen molar-refractivity contribution in [2.45, 2.75) is 20.8 Å². The standard InChI is InChI=1S/C28H25N7S/c1-16(28(2,3)4)32-20-9-18(12-29-14-20)19-10-22-26(34-35-27(22)31-13-19)24-11-21-23(33-24)5-7-30-25(21)17-6-8-36-15-17/h5-15,32-33H,1H2,2-4H3,(H,31,34,35). The average Bonchev–Trinajstić information content (AvgIpc) is 3.62. The minimum absolute atomic E-state index is 0.0550. The Morgan fingerprint density at radius 3 is 2.64 bits per heavy atom. The van der Waals surface area contributed by atoms with Crippen molar-refractivity contribution in [1.82, 2.24) is 30.1 Å². The summed E-state index contributed by atoms with van der Waals surface area (Å²) in [6.07, 6.45) is 7.31. The van der Waals surface area contributed by atoms with Crippen LogP contribution in [0.4, 0.5) is 5.69 Å². The lowest BCUT2D eigenvalue weighted by Gasteiger charge is -2.23. The van der Waals surface area contributed by atoms with E-state index in [0.29, 0.717) is 5.65 Å². The van der Waals surface area contributed by atoms with Gasteiger partial charge in [-0.05, 0) is 35.7 Å². The van der Waals surface area contributed by atoms with Gasteiger partial charge < -0.3 is 10.3 Å². The maximum absolute atomic E-state index is 4.63. The van der Waals surface area contributed by atoms with Gasteiger partial charge in [0.25, 0.3) is 0 Å². The van der Waals surface area contributed by atoms with E-state index in [1.54, 1.807) is 17.5 Å². The van der Waals surface area contributed by atoms with Crippen LogP contribution in [0.1, 0.15) is 20.8 Å². The molecule has 7 nitrogen and oxygen atoms in total. The lowest BCUT2D eigenvalue weighted by atomic mass is 9.93. The number of anilines is 1. The van der Waals surface area contributed by atoms with Gasteiger partial charge in [-0.2, -0.15) is 16.4 Å². The number of fused-ring (bicyclic) bond motifs is 2. The maximum Gasteiger partial charge on any atom is 0.181 e. The third kappa shape index (κ3) is 3.95. The van der Waals surface area contributed by atoms with Crippen LogP contribution in [0.25, 0.3) is 55.7 Å². The number of pyridine rings is 3. The van der Waals surface area contributed by atoms with E-state index in [1.807, 2.05) is 24.7 Å². The van der Waals surface area contributed by atoms with Crippen LogP contribution >= 0.6 is 11.3 Å². The first kappa shape index (κ1) is 22.2. The molecule has 0 radical (unpaired) electrons. The van der Waals surface area contributed by atoms with Crippen molar-refractivity contribution >= 4 is 39.0 Å². The van der Waals surface area contributed by atoms with Crippen molar-refractivity contribution in [2.75, 3.05) is 5.32 Å². The van der Waals surface area contributed by atoms with Crippen LogP contribution in [0.3, 0.4) is 0 Å². The number of aromatic amines is 2. The molecule has 6 aromatic rings. The zero-order valence-electron chi connectivity index (χ0n) is 20.3. The Labute approximate surface area is 212 Å². The summed E-state index contributed by atoms with van der Waals surface area (Å²) in [7, 11) is 0. The number of nitrogens with zero attached hydrogens (tertiary/aromatic N) is 4. The van der Waals surface area contributed by atoms with E-state index in [9.17, 15) is 0 Å². The highest BCUT2D eigenvalue weighted by Crippen LogP contribution is 2.34. The molecule has 0 amide bonds. The molecule has 6 aromatic heterocycles. The van der Waals surface area contributed by atoms with Crippen LogP contribution in [0, 0.1) is 5.41 Å².